The summed E-state index contributed by atoms with van der Waals surface area (Å²) in [6.07, 6.45) is 0.0313. The minimum absolute atomic E-state index is 0.126. The molecule has 0 aromatic heterocycles. The molecule has 5 heteroatoms. The lowest BCUT2D eigenvalue weighted by molar-refractivity contribution is -0.138. The average molecular weight is 293 g/mol. The number of nitrogens with one attached hydrogen (secondary N) is 1. The minimum Gasteiger partial charge on any atom is -0.481 e. The molecule has 0 atom stereocenters. The van der Waals surface area contributed by atoms with Crippen molar-refractivity contribution in [3.8, 4) is 0 Å². The number of carbonyl (C=O) groups excluding carboxylic acids is 1. The monoisotopic (exact) mass is 293 g/mol. The van der Waals surface area contributed by atoms with Crippen LogP contribution in [0.4, 0.5) is 0 Å². The number of amides is 1. The summed E-state index contributed by atoms with van der Waals surface area (Å²) in [5.74, 6) is -1.22. The van der Waals surface area contributed by atoms with Crippen molar-refractivity contribution in [1.29, 1.82) is 0 Å². The highest BCUT2D eigenvalue weighted by molar-refractivity contribution is 5.94. The number of ether oxygens (including phenoxy) is 1. The van der Waals surface area contributed by atoms with Crippen LogP contribution in [0.5, 0.6) is 0 Å². The van der Waals surface area contributed by atoms with Crippen molar-refractivity contribution in [3.05, 3.63) is 35.4 Å². The summed E-state index contributed by atoms with van der Waals surface area (Å²) in [6, 6.07) is 7.10. The first kappa shape index (κ1) is 17.2. The van der Waals surface area contributed by atoms with Crippen LogP contribution in [0.25, 0.3) is 0 Å². The Morgan fingerprint density at radius 3 is 2.29 bits per heavy atom. The molecule has 1 amide bonds. The van der Waals surface area contributed by atoms with Gasteiger partial charge in [0.2, 0.25) is 0 Å². The van der Waals surface area contributed by atoms with Gasteiger partial charge in [-0.25, -0.2) is 0 Å². The molecule has 0 radical (unpaired) electrons. The number of rotatable bonds is 7. The summed E-state index contributed by atoms with van der Waals surface area (Å²) >= 11 is 0. The zero-order valence-electron chi connectivity index (χ0n) is 13.0. The minimum atomic E-state index is -0.943. The number of hydrogen-bond donors (Lipinski definition) is 2. The van der Waals surface area contributed by atoms with E-state index in [9.17, 15) is 9.59 Å². The molecule has 21 heavy (non-hydrogen) atoms. The molecule has 0 unspecified atom stereocenters. The van der Waals surface area contributed by atoms with Crippen molar-refractivity contribution in [3.63, 3.8) is 0 Å². The number of benzene rings is 1. The van der Waals surface area contributed by atoms with Gasteiger partial charge in [0.05, 0.1) is 19.1 Å². The Balaban J connectivity index is 2.64. The fourth-order valence-corrected chi connectivity index (χ4v) is 1.82. The van der Waals surface area contributed by atoms with Gasteiger partial charge in [-0.1, -0.05) is 12.1 Å². The van der Waals surface area contributed by atoms with Crippen molar-refractivity contribution < 1.29 is 19.4 Å². The summed E-state index contributed by atoms with van der Waals surface area (Å²) in [4.78, 5) is 22.8. The first-order chi connectivity index (χ1) is 9.69. The van der Waals surface area contributed by atoms with E-state index in [1.165, 1.54) is 0 Å². The SMILES string of the molecule is CC(C)OCc1ccc(C(=O)NC(C)(C)CC(=O)O)cc1. The van der Waals surface area contributed by atoms with Gasteiger partial charge in [0.1, 0.15) is 0 Å². The Bertz CT molecular complexity index is 492. The van der Waals surface area contributed by atoms with Crippen LogP contribution in [0.2, 0.25) is 0 Å². The maximum absolute atomic E-state index is 12.1. The fourth-order valence-electron chi connectivity index (χ4n) is 1.82. The zero-order valence-corrected chi connectivity index (χ0v) is 13.0. The van der Waals surface area contributed by atoms with E-state index in [0.29, 0.717) is 12.2 Å². The normalized spacial score (nSPS) is 11.5. The van der Waals surface area contributed by atoms with Crippen LogP contribution in [0, 0.1) is 0 Å². The van der Waals surface area contributed by atoms with Gasteiger partial charge in [-0.15, -0.1) is 0 Å². The van der Waals surface area contributed by atoms with E-state index in [1.807, 2.05) is 26.0 Å². The highest BCUT2D eigenvalue weighted by Gasteiger charge is 2.24. The van der Waals surface area contributed by atoms with Gasteiger partial charge >= 0.3 is 5.97 Å². The van der Waals surface area contributed by atoms with Gasteiger partial charge in [-0.3, -0.25) is 9.59 Å². The van der Waals surface area contributed by atoms with Crippen LogP contribution in [0.15, 0.2) is 24.3 Å². The standard InChI is InChI=1S/C16H23NO4/c1-11(2)21-10-12-5-7-13(8-6-12)15(20)17-16(3,4)9-14(18)19/h5-8,11H,9-10H2,1-4H3,(H,17,20)(H,18,19). The maximum Gasteiger partial charge on any atom is 0.305 e. The molecule has 0 heterocycles. The van der Waals surface area contributed by atoms with Crippen LogP contribution < -0.4 is 5.32 Å². The number of carboxylic acid groups (broad SMARTS) is 1. The predicted octanol–water partition coefficient (Wildman–Crippen LogP) is 2.59. The average Bonchev–Trinajstić information content (AvgIpc) is 2.34. The number of carboxylic acids is 1. The van der Waals surface area contributed by atoms with E-state index < -0.39 is 11.5 Å². The van der Waals surface area contributed by atoms with Crippen molar-refractivity contribution in [2.75, 3.05) is 0 Å². The number of hydrogen-bond acceptors (Lipinski definition) is 3. The topological polar surface area (TPSA) is 75.6 Å². The molecule has 0 saturated carbocycles. The van der Waals surface area contributed by atoms with Gasteiger partial charge in [0.25, 0.3) is 5.91 Å². The third-order valence-electron chi connectivity index (χ3n) is 2.84. The summed E-state index contributed by atoms with van der Waals surface area (Å²) in [5, 5.41) is 11.5. The van der Waals surface area contributed by atoms with Crippen molar-refractivity contribution in [2.45, 2.75) is 52.4 Å². The summed E-state index contributed by atoms with van der Waals surface area (Å²) < 4.78 is 5.49. The van der Waals surface area contributed by atoms with Gasteiger partial charge in [0, 0.05) is 11.1 Å². The Hall–Kier alpha value is -1.88. The summed E-state index contributed by atoms with van der Waals surface area (Å²) in [6.45, 7) is 7.80. The molecule has 0 fully saturated rings. The Kier molecular flexibility index (Phi) is 5.90. The Morgan fingerprint density at radius 1 is 1.24 bits per heavy atom. The van der Waals surface area contributed by atoms with Crippen LogP contribution in [0.3, 0.4) is 0 Å². The quantitative estimate of drug-likeness (QED) is 0.810. The molecular formula is C16H23NO4. The molecule has 1 aromatic rings. The molecule has 0 bridgehead atoms. The molecule has 5 nitrogen and oxygen atoms in total. The van der Waals surface area contributed by atoms with Crippen molar-refractivity contribution in [1.82, 2.24) is 5.32 Å². The molecule has 1 aromatic carbocycles. The van der Waals surface area contributed by atoms with Crippen LogP contribution >= 0.6 is 0 Å². The van der Waals surface area contributed by atoms with Gasteiger partial charge in [0.15, 0.2) is 0 Å². The lowest BCUT2D eigenvalue weighted by Crippen LogP contribution is -2.44. The maximum atomic E-state index is 12.1. The third kappa shape index (κ3) is 6.40. The highest BCUT2D eigenvalue weighted by atomic mass is 16.5. The smallest absolute Gasteiger partial charge is 0.305 e. The fraction of sp³-hybridized carbons (Fsp3) is 0.500. The van der Waals surface area contributed by atoms with Crippen molar-refractivity contribution >= 4 is 11.9 Å². The van der Waals surface area contributed by atoms with E-state index >= 15 is 0 Å². The second kappa shape index (κ2) is 7.22. The molecular weight excluding hydrogens is 270 g/mol. The second-order valence-corrected chi connectivity index (χ2v) is 5.97. The summed E-state index contributed by atoms with van der Waals surface area (Å²) in [7, 11) is 0. The van der Waals surface area contributed by atoms with E-state index in [2.05, 4.69) is 5.32 Å². The molecule has 1 rings (SSSR count). The molecule has 0 spiro atoms. The lowest BCUT2D eigenvalue weighted by atomic mass is 10.00. The first-order valence-electron chi connectivity index (χ1n) is 6.94. The highest BCUT2D eigenvalue weighted by Crippen LogP contribution is 2.12. The summed E-state index contributed by atoms with van der Waals surface area (Å²) in [5.41, 5.74) is 0.703. The molecule has 0 aliphatic carbocycles. The van der Waals surface area contributed by atoms with E-state index in [1.54, 1.807) is 26.0 Å². The zero-order chi connectivity index (χ0) is 16.0. The molecule has 0 aliphatic rings. The Morgan fingerprint density at radius 2 is 1.81 bits per heavy atom. The van der Waals surface area contributed by atoms with E-state index in [-0.39, 0.29) is 18.4 Å². The van der Waals surface area contributed by atoms with E-state index in [4.69, 9.17) is 9.84 Å². The molecule has 0 saturated heterocycles. The van der Waals surface area contributed by atoms with Gasteiger partial charge in [-0.2, -0.15) is 0 Å². The first-order valence-corrected chi connectivity index (χ1v) is 6.94. The van der Waals surface area contributed by atoms with Crippen LogP contribution in [0.1, 0.15) is 50.0 Å². The third-order valence-corrected chi connectivity index (χ3v) is 2.84. The van der Waals surface area contributed by atoms with Crippen LogP contribution in [-0.2, 0) is 16.1 Å². The predicted molar refractivity (Wildman–Crippen MR) is 80.2 cm³/mol. The lowest BCUT2D eigenvalue weighted by Gasteiger charge is -2.24. The van der Waals surface area contributed by atoms with E-state index in [0.717, 1.165) is 5.56 Å². The Labute approximate surface area is 125 Å². The molecule has 2 N–H and O–H groups in total. The second-order valence-electron chi connectivity index (χ2n) is 5.97. The molecule has 0 aliphatic heterocycles. The van der Waals surface area contributed by atoms with Crippen molar-refractivity contribution in [2.24, 2.45) is 0 Å². The van der Waals surface area contributed by atoms with Crippen LogP contribution in [-0.4, -0.2) is 28.6 Å². The number of carbonyl (C=O) groups is 2. The van der Waals surface area contributed by atoms with Gasteiger partial charge in [-0.05, 0) is 45.4 Å². The number of aliphatic carboxylic acids is 1. The molecule has 116 valence electrons. The largest absolute Gasteiger partial charge is 0.481 e. The van der Waals surface area contributed by atoms with Gasteiger partial charge < -0.3 is 15.2 Å².